The van der Waals surface area contributed by atoms with Crippen LogP contribution in [0.4, 0.5) is 17.3 Å². The minimum Gasteiger partial charge on any atom is -0.393 e. The van der Waals surface area contributed by atoms with Gasteiger partial charge in [0.15, 0.2) is 0 Å². The van der Waals surface area contributed by atoms with Crippen LogP contribution in [0.2, 0.25) is 0 Å². The monoisotopic (exact) mass is 240 g/mol. The molecule has 0 aliphatic rings. The van der Waals surface area contributed by atoms with Gasteiger partial charge in [-0.1, -0.05) is 0 Å². The van der Waals surface area contributed by atoms with Crippen molar-refractivity contribution in [2.75, 3.05) is 17.6 Å². The Kier molecular flexibility index (Phi) is 4.65. The van der Waals surface area contributed by atoms with E-state index in [1.54, 1.807) is 6.92 Å². The highest BCUT2D eigenvalue weighted by molar-refractivity contribution is 5.59. The lowest BCUT2D eigenvalue weighted by molar-refractivity contribution is -0.384. The topological polar surface area (TPSA) is 114 Å². The number of aliphatic hydroxyl groups excluding tert-OH is 1. The first kappa shape index (κ1) is 13.2. The number of hydrogen-bond acceptors (Lipinski definition) is 6. The Bertz CT molecular complexity index is 395. The van der Waals surface area contributed by atoms with Gasteiger partial charge in [-0.3, -0.25) is 10.1 Å². The first-order valence-corrected chi connectivity index (χ1v) is 5.33. The third kappa shape index (κ3) is 4.23. The third-order valence-electron chi connectivity index (χ3n) is 2.18. The largest absolute Gasteiger partial charge is 0.393 e. The standard InChI is InChI=1S/C10H16N4O3/c1-7(15)3-2-6-12-10-8(14(16)17)4-5-9(11)13-10/h4-5,7,15H,2-3,6H2,1H3,(H3,11,12,13). The number of nitrogens with one attached hydrogen (secondary N) is 1. The molecule has 1 rings (SSSR count). The minimum atomic E-state index is -0.510. The van der Waals surface area contributed by atoms with E-state index in [1.807, 2.05) is 0 Å². The predicted molar refractivity (Wildman–Crippen MR) is 64.7 cm³/mol. The number of rotatable bonds is 6. The van der Waals surface area contributed by atoms with Gasteiger partial charge >= 0.3 is 5.69 Å². The van der Waals surface area contributed by atoms with E-state index in [0.29, 0.717) is 19.4 Å². The lowest BCUT2D eigenvalue weighted by atomic mass is 10.2. The summed E-state index contributed by atoms with van der Waals surface area (Å²) in [6, 6.07) is 2.71. The fourth-order valence-corrected chi connectivity index (χ4v) is 1.35. The Labute approximate surface area is 98.8 Å². The van der Waals surface area contributed by atoms with Crippen molar-refractivity contribution in [3.05, 3.63) is 22.2 Å². The second-order valence-electron chi connectivity index (χ2n) is 3.78. The lowest BCUT2D eigenvalue weighted by Gasteiger charge is -2.07. The molecule has 7 heteroatoms. The molecule has 94 valence electrons. The Morgan fingerprint density at radius 3 is 2.94 bits per heavy atom. The zero-order valence-corrected chi connectivity index (χ0v) is 9.59. The molecule has 0 saturated heterocycles. The van der Waals surface area contributed by atoms with Crippen LogP contribution >= 0.6 is 0 Å². The third-order valence-corrected chi connectivity index (χ3v) is 2.18. The molecular formula is C10H16N4O3. The van der Waals surface area contributed by atoms with Crippen molar-refractivity contribution in [2.45, 2.75) is 25.9 Å². The smallest absolute Gasteiger partial charge is 0.311 e. The Balaban J connectivity index is 2.62. The molecule has 0 aliphatic heterocycles. The number of hydrogen-bond donors (Lipinski definition) is 3. The molecule has 0 radical (unpaired) electrons. The molecule has 0 aromatic carbocycles. The summed E-state index contributed by atoms with van der Waals surface area (Å²) in [7, 11) is 0. The molecule has 1 heterocycles. The Morgan fingerprint density at radius 2 is 2.35 bits per heavy atom. The van der Waals surface area contributed by atoms with Crippen LogP contribution < -0.4 is 11.1 Å². The summed E-state index contributed by atoms with van der Waals surface area (Å²) in [6.45, 7) is 2.20. The molecule has 17 heavy (non-hydrogen) atoms. The molecule has 0 spiro atoms. The van der Waals surface area contributed by atoms with E-state index in [-0.39, 0.29) is 23.4 Å². The van der Waals surface area contributed by atoms with Crippen LogP contribution in [-0.2, 0) is 0 Å². The normalized spacial score (nSPS) is 12.1. The molecule has 1 atom stereocenters. The molecular weight excluding hydrogens is 224 g/mol. The molecule has 1 unspecified atom stereocenters. The van der Waals surface area contributed by atoms with Gasteiger partial charge in [-0.05, 0) is 25.8 Å². The van der Waals surface area contributed by atoms with Crippen LogP contribution in [0.25, 0.3) is 0 Å². The first-order valence-electron chi connectivity index (χ1n) is 5.33. The van der Waals surface area contributed by atoms with Crippen LogP contribution in [0.15, 0.2) is 12.1 Å². The van der Waals surface area contributed by atoms with E-state index in [1.165, 1.54) is 12.1 Å². The number of nitrogens with zero attached hydrogens (tertiary/aromatic N) is 2. The average molecular weight is 240 g/mol. The highest BCUT2D eigenvalue weighted by atomic mass is 16.6. The Hall–Kier alpha value is -1.89. The van der Waals surface area contributed by atoms with E-state index in [0.717, 1.165) is 0 Å². The summed E-state index contributed by atoms with van der Waals surface area (Å²) in [5.74, 6) is 0.397. The highest BCUT2D eigenvalue weighted by Gasteiger charge is 2.14. The van der Waals surface area contributed by atoms with Crippen LogP contribution in [0.5, 0.6) is 0 Å². The summed E-state index contributed by atoms with van der Waals surface area (Å²) >= 11 is 0. The fourth-order valence-electron chi connectivity index (χ4n) is 1.35. The first-order chi connectivity index (χ1) is 8.00. The molecule has 7 nitrogen and oxygen atoms in total. The molecule has 4 N–H and O–H groups in total. The van der Waals surface area contributed by atoms with Crippen LogP contribution in [0, 0.1) is 10.1 Å². The zero-order chi connectivity index (χ0) is 12.8. The van der Waals surface area contributed by atoms with Gasteiger partial charge in [0.05, 0.1) is 11.0 Å². The molecule has 0 amide bonds. The van der Waals surface area contributed by atoms with E-state index < -0.39 is 4.92 Å². The maximum atomic E-state index is 10.7. The van der Waals surface area contributed by atoms with Crippen molar-refractivity contribution in [3.8, 4) is 0 Å². The predicted octanol–water partition coefficient (Wildman–Crippen LogP) is 1.14. The highest BCUT2D eigenvalue weighted by Crippen LogP contribution is 2.22. The van der Waals surface area contributed by atoms with Crippen molar-refractivity contribution in [2.24, 2.45) is 0 Å². The van der Waals surface area contributed by atoms with Crippen molar-refractivity contribution >= 4 is 17.3 Å². The number of pyridine rings is 1. The van der Waals surface area contributed by atoms with Crippen molar-refractivity contribution in [1.82, 2.24) is 4.98 Å². The SMILES string of the molecule is CC(O)CCCNc1nc(N)ccc1[N+](=O)[O-]. The number of nitrogens with two attached hydrogens (primary N) is 1. The zero-order valence-electron chi connectivity index (χ0n) is 9.59. The van der Waals surface area contributed by atoms with E-state index in [9.17, 15) is 10.1 Å². The molecule has 0 aliphatic carbocycles. The van der Waals surface area contributed by atoms with E-state index in [4.69, 9.17) is 10.8 Å². The lowest BCUT2D eigenvalue weighted by Crippen LogP contribution is -2.09. The van der Waals surface area contributed by atoms with Gasteiger partial charge in [0.1, 0.15) is 5.82 Å². The van der Waals surface area contributed by atoms with Gasteiger partial charge in [0.2, 0.25) is 5.82 Å². The number of anilines is 2. The second-order valence-corrected chi connectivity index (χ2v) is 3.78. The molecule has 1 aromatic heterocycles. The van der Waals surface area contributed by atoms with Gasteiger partial charge in [-0.15, -0.1) is 0 Å². The van der Waals surface area contributed by atoms with Crippen LogP contribution in [0.3, 0.4) is 0 Å². The summed E-state index contributed by atoms with van der Waals surface area (Å²) in [5.41, 5.74) is 5.37. The quantitative estimate of drug-likeness (QED) is 0.390. The minimum absolute atomic E-state index is 0.101. The molecule has 1 aromatic rings. The van der Waals surface area contributed by atoms with Crippen molar-refractivity contribution in [3.63, 3.8) is 0 Å². The van der Waals surface area contributed by atoms with Crippen molar-refractivity contribution < 1.29 is 10.0 Å². The summed E-state index contributed by atoms with van der Waals surface area (Å²) < 4.78 is 0. The maximum Gasteiger partial charge on any atom is 0.311 e. The van der Waals surface area contributed by atoms with Gasteiger partial charge in [0.25, 0.3) is 0 Å². The summed E-state index contributed by atoms with van der Waals surface area (Å²) in [5, 5.41) is 22.6. The van der Waals surface area contributed by atoms with Gasteiger partial charge in [-0.2, -0.15) is 0 Å². The van der Waals surface area contributed by atoms with Gasteiger partial charge < -0.3 is 16.2 Å². The second kappa shape index (κ2) is 6.00. The Morgan fingerprint density at radius 1 is 1.65 bits per heavy atom. The summed E-state index contributed by atoms with van der Waals surface area (Å²) in [6.07, 6.45) is 0.953. The summed E-state index contributed by atoms with van der Waals surface area (Å²) in [4.78, 5) is 14.1. The molecule has 0 fully saturated rings. The number of nitro groups is 1. The van der Waals surface area contributed by atoms with Crippen LogP contribution in [-0.4, -0.2) is 27.7 Å². The molecule has 0 saturated carbocycles. The maximum absolute atomic E-state index is 10.7. The van der Waals surface area contributed by atoms with Crippen molar-refractivity contribution in [1.29, 1.82) is 0 Å². The van der Waals surface area contributed by atoms with E-state index >= 15 is 0 Å². The number of aliphatic hydroxyl groups is 1. The average Bonchev–Trinajstić information content (AvgIpc) is 2.23. The van der Waals surface area contributed by atoms with Gasteiger partial charge in [-0.25, -0.2) is 4.98 Å². The fraction of sp³-hybridized carbons (Fsp3) is 0.500. The van der Waals surface area contributed by atoms with E-state index in [2.05, 4.69) is 10.3 Å². The van der Waals surface area contributed by atoms with Gasteiger partial charge in [0, 0.05) is 12.6 Å². The number of nitrogen functional groups attached to an aromatic ring is 1. The van der Waals surface area contributed by atoms with Crippen LogP contribution in [0.1, 0.15) is 19.8 Å². The number of aromatic nitrogens is 1. The molecule has 0 bridgehead atoms.